The van der Waals surface area contributed by atoms with Crippen LogP contribution in [0.4, 0.5) is 0 Å². The molecule has 3 heterocycles. The van der Waals surface area contributed by atoms with Crippen LogP contribution in [0.15, 0.2) is 18.2 Å². The lowest BCUT2D eigenvalue weighted by Crippen LogP contribution is -2.50. The van der Waals surface area contributed by atoms with E-state index < -0.39 is 0 Å². The maximum atomic E-state index is 12.9. The van der Waals surface area contributed by atoms with E-state index in [-0.39, 0.29) is 41.8 Å². The van der Waals surface area contributed by atoms with Gasteiger partial charge in [-0.3, -0.25) is 24.1 Å². The van der Waals surface area contributed by atoms with Crippen molar-refractivity contribution in [3.05, 3.63) is 34.9 Å². The number of carbonyl (C=O) groups is 4. The standard InChI is InChI=1S/C21H25N3O5/c1-2-18(25)22-7-9-23(10-8-22)19(26)14-5-6-16-17(12-14)21(28)24(20(16)27)13-15-4-3-11-29-15/h5-6,12,15H,2-4,7-11,13H2,1H3. The van der Waals surface area contributed by atoms with E-state index in [4.69, 9.17) is 4.74 Å². The number of amides is 4. The van der Waals surface area contributed by atoms with Crippen LogP contribution in [0.5, 0.6) is 0 Å². The molecule has 1 unspecified atom stereocenters. The Bertz CT molecular complexity index is 854. The number of ether oxygens (including phenoxy) is 1. The average Bonchev–Trinajstić information content (AvgIpc) is 3.35. The molecule has 2 saturated heterocycles. The number of benzene rings is 1. The lowest BCUT2D eigenvalue weighted by atomic mass is 10.0. The highest BCUT2D eigenvalue weighted by Crippen LogP contribution is 2.26. The molecule has 8 heteroatoms. The van der Waals surface area contributed by atoms with Gasteiger partial charge in [0.2, 0.25) is 5.91 Å². The summed E-state index contributed by atoms with van der Waals surface area (Å²) in [4.78, 5) is 54.8. The summed E-state index contributed by atoms with van der Waals surface area (Å²) in [6.07, 6.45) is 2.12. The summed E-state index contributed by atoms with van der Waals surface area (Å²) in [6, 6.07) is 4.69. The second kappa shape index (κ2) is 7.94. The number of rotatable bonds is 4. The third-order valence-corrected chi connectivity index (χ3v) is 5.85. The van der Waals surface area contributed by atoms with E-state index in [1.54, 1.807) is 21.9 Å². The first-order valence-corrected chi connectivity index (χ1v) is 10.2. The molecule has 0 saturated carbocycles. The van der Waals surface area contributed by atoms with Crippen LogP contribution >= 0.6 is 0 Å². The van der Waals surface area contributed by atoms with Crippen molar-refractivity contribution in [1.82, 2.24) is 14.7 Å². The van der Waals surface area contributed by atoms with Crippen molar-refractivity contribution >= 4 is 23.6 Å². The van der Waals surface area contributed by atoms with Gasteiger partial charge in [0.15, 0.2) is 0 Å². The Morgan fingerprint density at radius 2 is 1.72 bits per heavy atom. The van der Waals surface area contributed by atoms with Gasteiger partial charge < -0.3 is 14.5 Å². The van der Waals surface area contributed by atoms with Gasteiger partial charge in [0.25, 0.3) is 17.7 Å². The Morgan fingerprint density at radius 3 is 2.38 bits per heavy atom. The molecular formula is C21H25N3O5. The lowest BCUT2D eigenvalue weighted by Gasteiger charge is -2.34. The molecule has 0 aromatic heterocycles. The second-order valence-corrected chi connectivity index (χ2v) is 7.64. The van der Waals surface area contributed by atoms with Gasteiger partial charge in [-0.1, -0.05) is 6.92 Å². The zero-order valence-electron chi connectivity index (χ0n) is 16.6. The molecule has 8 nitrogen and oxygen atoms in total. The summed E-state index contributed by atoms with van der Waals surface area (Å²) in [5.41, 5.74) is 1.00. The van der Waals surface area contributed by atoms with Crippen LogP contribution in [-0.4, -0.2) is 83.8 Å². The SMILES string of the molecule is CCC(=O)N1CCN(C(=O)c2ccc3c(c2)C(=O)N(CC2CCCO2)C3=O)CC1. The van der Waals surface area contributed by atoms with Crippen molar-refractivity contribution in [3.63, 3.8) is 0 Å². The number of hydrogen-bond acceptors (Lipinski definition) is 5. The number of hydrogen-bond donors (Lipinski definition) is 0. The molecule has 2 fully saturated rings. The molecule has 1 atom stereocenters. The Kier molecular flexibility index (Phi) is 5.36. The predicted octanol–water partition coefficient (Wildman–Crippen LogP) is 1.16. The van der Waals surface area contributed by atoms with E-state index in [1.807, 2.05) is 6.92 Å². The highest BCUT2D eigenvalue weighted by atomic mass is 16.5. The third kappa shape index (κ3) is 3.64. The summed E-state index contributed by atoms with van der Waals surface area (Å²) in [7, 11) is 0. The lowest BCUT2D eigenvalue weighted by molar-refractivity contribution is -0.132. The van der Waals surface area contributed by atoms with Gasteiger partial charge in [-0.15, -0.1) is 0 Å². The zero-order chi connectivity index (χ0) is 20.5. The summed E-state index contributed by atoms with van der Waals surface area (Å²) < 4.78 is 5.55. The molecule has 0 spiro atoms. The van der Waals surface area contributed by atoms with Gasteiger partial charge in [-0.2, -0.15) is 0 Å². The Labute approximate surface area is 169 Å². The Morgan fingerprint density at radius 1 is 1.03 bits per heavy atom. The minimum atomic E-state index is -0.367. The first-order chi connectivity index (χ1) is 14.0. The normalized spacial score (nSPS) is 21.7. The molecule has 154 valence electrons. The summed E-state index contributed by atoms with van der Waals surface area (Å²) >= 11 is 0. The number of carbonyl (C=O) groups excluding carboxylic acids is 4. The Hall–Kier alpha value is -2.74. The predicted molar refractivity (Wildman–Crippen MR) is 104 cm³/mol. The highest BCUT2D eigenvalue weighted by molar-refractivity contribution is 6.22. The largest absolute Gasteiger partial charge is 0.376 e. The van der Waals surface area contributed by atoms with Crippen LogP contribution < -0.4 is 0 Å². The summed E-state index contributed by atoms with van der Waals surface area (Å²) in [5.74, 6) is -0.793. The van der Waals surface area contributed by atoms with Gasteiger partial charge in [0.1, 0.15) is 0 Å². The topological polar surface area (TPSA) is 87.2 Å². The Balaban J connectivity index is 1.46. The van der Waals surface area contributed by atoms with Crippen LogP contribution in [0.1, 0.15) is 57.3 Å². The summed E-state index contributed by atoms with van der Waals surface area (Å²) in [6.45, 7) is 4.67. The molecule has 3 aliphatic heterocycles. The van der Waals surface area contributed by atoms with Crippen molar-refractivity contribution in [2.75, 3.05) is 39.3 Å². The fourth-order valence-electron chi connectivity index (χ4n) is 4.15. The molecule has 4 rings (SSSR count). The quantitative estimate of drug-likeness (QED) is 0.709. The number of fused-ring (bicyclic) bond motifs is 1. The minimum absolute atomic E-state index is 0.0880. The number of nitrogens with zero attached hydrogens (tertiary/aromatic N) is 3. The third-order valence-electron chi connectivity index (χ3n) is 5.85. The smallest absolute Gasteiger partial charge is 0.261 e. The van der Waals surface area contributed by atoms with Crippen LogP contribution in [0.25, 0.3) is 0 Å². The molecule has 0 N–H and O–H groups in total. The molecule has 1 aromatic carbocycles. The monoisotopic (exact) mass is 399 g/mol. The van der Waals surface area contributed by atoms with Gasteiger partial charge in [-0.25, -0.2) is 0 Å². The van der Waals surface area contributed by atoms with E-state index in [0.29, 0.717) is 50.3 Å². The molecule has 1 aromatic rings. The minimum Gasteiger partial charge on any atom is -0.376 e. The van der Waals surface area contributed by atoms with Crippen LogP contribution in [0, 0.1) is 0 Å². The number of piperazine rings is 1. The van der Waals surface area contributed by atoms with E-state index in [2.05, 4.69) is 0 Å². The van der Waals surface area contributed by atoms with Crippen molar-refractivity contribution < 1.29 is 23.9 Å². The van der Waals surface area contributed by atoms with Crippen LogP contribution in [0.2, 0.25) is 0 Å². The second-order valence-electron chi connectivity index (χ2n) is 7.64. The van der Waals surface area contributed by atoms with E-state index in [0.717, 1.165) is 12.8 Å². The number of imide groups is 1. The van der Waals surface area contributed by atoms with E-state index >= 15 is 0 Å². The average molecular weight is 399 g/mol. The van der Waals surface area contributed by atoms with E-state index in [1.165, 1.54) is 11.0 Å². The zero-order valence-corrected chi connectivity index (χ0v) is 16.6. The first kappa shape index (κ1) is 19.6. The molecule has 0 aliphatic carbocycles. The van der Waals surface area contributed by atoms with Crippen molar-refractivity contribution in [1.29, 1.82) is 0 Å². The maximum Gasteiger partial charge on any atom is 0.261 e. The maximum absolute atomic E-state index is 12.9. The fourth-order valence-corrected chi connectivity index (χ4v) is 4.15. The van der Waals surface area contributed by atoms with E-state index in [9.17, 15) is 19.2 Å². The highest BCUT2D eigenvalue weighted by Gasteiger charge is 2.38. The molecule has 3 aliphatic rings. The van der Waals surface area contributed by atoms with Crippen molar-refractivity contribution in [3.8, 4) is 0 Å². The molecule has 29 heavy (non-hydrogen) atoms. The molecule has 4 amide bonds. The van der Waals surface area contributed by atoms with Gasteiger partial charge in [-0.05, 0) is 31.0 Å². The van der Waals surface area contributed by atoms with Crippen LogP contribution in [-0.2, 0) is 9.53 Å². The van der Waals surface area contributed by atoms with Crippen molar-refractivity contribution in [2.24, 2.45) is 0 Å². The molecule has 0 radical (unpaired) electrons. The van der Waals surface area contributed by atoms with Gasteiger partial charge in [0.05, 0.1) is 23.8 Å². The van der Waals surface area contributed by atoms with Gasteiger partial charge >= 0.3 is 0 Å². The van der Waals surface area contributed by atoms with Crippen molar-refractivity contribution in [2.45, 2.75) is 32.3 Å². The molecular weight excluding hydrogens is 374 g/mol. The molecule has 0 bridgehead atoms. The summed E-state index contributed by atoms with van der Waals surface area (Å²) in [5, 5.41) is 0. The van der Waals surface area contributed by atoms with Crippen LogP contribution in [0.3, 0.4) is 0 Å². The first-order valence-electron chi connectivity index (χ1n) is 10.2. The fraction of sp³-hybridized carbons (Fsp3) is 0.524. The van der Waals surface area contributed by atoms with Gasteiger partial charge in [0, 0.05) is 44.8 Å².